The zero-order chi connectivity index (χ0) is 24.2. The second-order valence-corrected chi connectivity index (χ2v) is 8.99. The first-order chi connectivity index (χ1) is 14.8. The summed E-state index contributed by atoms with van der Waals surface area (Å²) >= 11 is 0. The van der Waals surface area contributed by atoms with Gasteiger partial charge in [0.2, 0.25) is 0 Å². The Labute approximate surface area is 188 Å². The number of halogens is 2. The van der Waals surface area contributed by atoms with Crippen molar-refractivity contribution in [2.45, 2.75) is 72.1 Å². The predicted molar refractivity (Wildman–Crippen MR) is 119 cm³/mol. The van der Waals surface area contributed by atoms with Crippen molar-refractivity contribution in [1.82, 2.24) is 5.32 Å². The molecule has 0 saturated carbocycles. The molecule has 2 aromatic rings. The highest BCUT2D eigenvalue weighted by Gasteiger charge is 2.30. The lowest BCUT2D eigenvalue weighted by atomic mass is 9.82. The van der Waals surface area contributed by atoms with Gasteiger partial charge in [0.05, 0.1) is 0 Å². The van der Waals surface area contributed by atoms with Crippen molar-refractivity contribution in [2.75, 3.05) is 0 Å². The quantitative estimate of drug-likeness (QED) is 0.589. The summed E-state index contributed by atoms with van der Waals surface area (Å²) < 4.78 is 38.3. The van der Waals surface area contributed by atoms with E-state index < -0.39 is 35.7 Å². The van der Waals surface area contributed by atoms with Gasteiger partial charge in [0.15, 0.2) is 0 Å². The molecule has 0 heterocycles. The van der Waals surface area contributed by atoms with E-state index in [4.69, 9.17) is 9.47 Å². The van der Waals surface area contributed by atoms with Gasteiger partial charge < -0.3 is 14.8 Å². The van der Waals surface area contributed by atoms with Gasteiger partial charge in [0, 0.05) is 5.92 Å². The van der Waals surface area contributed by atoms with Crippen LogP contribution >= 0.6 is 0 Å². The summed E-state index contributed by atoms with van der Waals surface area (Å²) in [7, 11) is 0. The molecule has 0 unspecified atom stereocenters. The summed E-state index contributed by atoms with van der Waals surface area (Å²) in [4.78, 5) is 24.7. The Morgan fingerprint density at radius 1 is 0.906 bits per heavy atom. The van der Waals surface area contributed by atoms with Crippen LogP contribution in [0.2, 0.25) is 0 Å². The van der Waals surface area contributed by atoms with Crippen molar-refractivity contribution in [2.24, 2.45) is 0 Å². The zero-order valence-corrected chi connectivity index (χ0v) is 19.6. The predicted octanol–water partition coefficient (Wildman–Crippen LogP) is 5.56. The van der Waals surface area contributed by atoms with Gasteiger partial charge >= 0.3 is 12.1 Å². The van der Waals surface area contributed by atoms with Crippen molar-refractivity contribution in [1.29, 1.82) is 0 Å². The molecule has 2 aromatic carbocycles. The summed E-state index contributed by atoms with van der Waals surface area (Å²) in [5.74, 6) is -1.86. The van der Waals surface area contributed by atoms with E-state index in [0.717, 1.165) is 11.1 Å². The molecule has 5 nitrogen and oxygen atoms in total. The molecule has 0 aliphatic carbocycles. The normalized spacial score (nSPS) is 13.4. The van der Waals surface area contributed by atoms with Crippen molar-refractivity contribution in [3.63, 3.8) is 0 Å². The van der Waals surface area contributed by atoms with E-state index in [2.05, 4.69) is 5.32 Å². The molecule has 0 saturated heterocycles. The first-order valence-electron chi connectivity index (χ1n) is 10.5. The largest absolute Gasteiger partial charge is 0.460 e. The summed E-state index contributed by atoms with van der Waals surface area (Å²) in [5.41, 5.74) is 2.18. The SMILES string of the molecule is Cc1cc(F)ccc1C(c1ccc(F)cc1C)[C@H](C)OC(=O)[C@H](C)NC(=O)OC(C)(C)C. The van der Waals surface area contributed by atoms with Crippen LogP contribution in [0.4, 0.5) is 13.6 Å². The highest BCUT2D eigenvalue weighted by molar-refractivity contribution is 5.81. The molecule has 0 aliphatic heterocycles. The third kappa shape index (κ3) is 6.77. The van der Waals surface area contributed by atoms with E-state index in [1.54, 1.807) is 53.7 Å². The van der Waals surface area contributed by atoms with Crippen LogP contribution in [0.25, 0.3) is 0 Å². The molecule has 2 rings (SSSR count). The number of benzene rings is 2. The fourth-order valence-corrected chi connectivity index (χ4v) is 3.55. The van der Waals surface area contributed by atoms with Gasteiger partial charge in [0.1, 0.15) is 29.4 Å². The summed E-state index contributed by atoms with van der Waals surface area (Å²) in [6.45, 7) is 11.9. The molecule has 0 fully saturated rings. The number of hydrogen-bond donors (Lipinski definition) is 1. The highest BCUT2D eigenvalue weighted by Crippen LogP contribution is 2.34. The van der Waals surface area contributed by atoms with Gasteiger partial charge in [0.25, 0.3) is 0 Å². The number of aryl methyl sites for hydroxylation is 2. The monoisotopic (exact) mass is 447 g/mol. The molecule has 0 aromatic heterocycles. The second-order valence-electron chi connectivity index (χ2n) is 8.99. The average Bonchev–Trinajstić information content (AvgIpc) is 2.63. The maximum Gasteiger partial charge on any atom is 0.408 e. The Morgan fingerprint density at radius 2 is 1.38 bits per heavy atom. The van der Waals surface area contributed by atoms with Crippen LogP contribution in [0.3, 0.4) is 0 Å². The zero-order valence-electron chi connectivity index (χ0n) is 19.6. The molecule has 174 valence electrons. The Kier molecular flexibility index (Phi) is 7.99. The van der Waals surface area contributed by atoms with E-state index in [-0.39, 0.29) is 11.6 Å². The number of rotatable bonds is 6. The van der Waals surface area contributed by atoms with Gasteiger partial charge in [-0.2, -0.15) is 0 Å². The Morgan fingerprint density at radius 3 is 1.78 bits per heavy atom. The minimum absolute atomic E-state index is 0.374. The number of carbonyl (C=O) groups is 2. The number of alkyl carbamates (subject to hydrolysis) is 1. The third-order valence-corrected chi connectivity index (χ3v) is 4.99. The maximum atomic E-state index is 13.7. The topological polar surface area (TPSA) is 64.6 Å². The molecule has 1 N–H and O–H groups in total. The molecule has 32 heavy (non-hydrogen) atoms. The summed E-state index contributed by atoms with van der Waals surface area (Å²) in [5, 5.41) is 2.46. The Bertz CT molecular complexity index is 933. The first kappa shape index (κ1) is 25.3. The lowest BCUT2D eigenvalue weighted by Crippen LogP contribution is -2.43. The molecular weight excluding hydrogens is 416 g/mol. The maximum absolute atomic E-state index is 13.7. The van der Waals surface area contributed by atoms with Crippen molar-refractivity contribution in [3.05, 3.63) is 70.3 Å². The van der Waals surface area contributed by atoms with E-state index in [1.807, 2.05) is 0 Å². The third-order valence-electron chi connectivity index (χ3n) is 4.99. The first-order valence-corrected chi connectivity index (χ1v) is 10.5. The summed E-state index contributed by atoms with van der Waals surface area (Å²) in [6, 6.07) is 7.84. The lowest BCUT2D eigenvalue weighted by Gasteiger charge is -2.29. The van der Waals surface area contributed by atoms with E-state index in [1.165, 1.54) is 31.2 Å². The molecule has 1 amide bonds. The minimum Gasteiger partial charge on any atom is -0.460 e. The van der Waals surface area contributed by atoms with Crippen LogP contribution in [0.1, 0.15) is 62.8 Å². The van der Waals surface area contributed by atoms with Gasteiger partial charge in [-0.05, 0) is 95.0 Å². The molecule has 0 aliphatic rings. The molecule has 0 bridgehead atoms. The van der Waals surface area contributed by atoms with Crippen LogP contribution in [0, 0.1) is 25.5 Å². The van der Waals surface area contributed by atoms with Gasteiger partial charge in [-0.25, -0.2) is 18.4 Å². The van der Waals surface area contributed by atoms with Crippen molar-refractivity contribution < 1.29 is 27.8 Å². The molecule has 2 atom stereocenters. The molecule has 7 heteroatoms. The molecular formula is C25H31F2NO4. The number of nitrogens with one attached hydrogen (secondary N) is 1. The number of hydrogen-bond acceptors (Lipinski definition) is 4. The van der Waals surface area contributed by atoms with Crippen LogP contribution in [-0.4, -0.2) is 29.8 Å². The van der Waals surface area contributed by atoms with Crippen LogP contribution in [0.15, 0.2) is 36.4 Å². The fourth-order valence-electron chi connectivity index (χ4n) is 3.55. The Hall–Kier alpha value is -2.96. The standard InChI is InChI=1S/C25H31F2NO4/c1-14-12-18(26)8-10-20(14)22(21-11-9-19(27)13-15(21)2)17(4)31-23(29)16(3)28-24(30)32-25(5,6)7/h8-13,16-17,22H,1-7H3,(H,28,30)/t16-,17-/m0/s1. The minimum atomic E-state index is -0.948. The highest BCUT2D eigenvalue weighted by atomic mass is 19.1. The van der Waals surface area contributed by atoms with E-state index >= 15 is 0 Å². The number of ether oxygens (including phenoxy) is 2. The summed E-state index contributed by atoms with van der Waals surface area (Å²) in [6.07, 6.45) is -1.41. The van der Waals surface area contributed by atoms with Crippen LogP contribution in [0.5, 0.6) is 0 Å². The average molecular weight is 448 g/mol. The van der Waals surface area contributed by atoms with Crippen molar-refractivity contribution >= 4 is 12.1 Å². The van der Waals surface area contributed by atoms with Crippen LogP contribution in [-0.2, 0) is 14.3 Å². The fraction of sp³-hybridized carbons (Fsp3) is 0.440. The van der Waals surface area contributed by atoms with E-state index in [0.29, 0.717) is 11.1 Å². The number of carbonyl (C=O) groups excluding carboxylic acids is 2. The van der Waals surface area contributed by atoms with E-state index in [9.17, 15) is 18.4 Å². The smallest absolute Gasteiger partial charge is 0.408 e. The number of esters is 1. The second kappa shape index (κ2) is 10.1. The molecule has 0 radical (unpaired) electrons. The van der Waals surface area contributed by atoms with Gasteiger partial charge in [-0.15, -0.1) is 0 Å². The van der Waals surface area contributed by atoms with Crippen molar-refractivity contribution in [3.8, 4) is 0 Å². The van der Waals surface area contributed by atoms with Crippen LogP contribution < -0.4 is 5.32 Å². The Balaban J connectivity index is 2.29. The van der Waals surface area contributed by atoms with Gasteiger partial charge in [-0.1, -0.05) is 12.1 Å². The van der Waals surface area contributed by atoms with Gasteiger partial charge in [-0.3, -0.25) is 0 Å². The number of amides is 1. The lowest BCUT2D eigenvalue weighted by molar-refractivity contribution is -0.150. The molecule has 0 spiro atoms.